The van der Waals surface area contributed by atoms with Crippen LogP contribution in [-0.4, -0.2) is 19.6 Å². The minimum absolute atomic E-state index is 0. The van der Waals surface area contributed by atoms with Crippen molar-refractivity contribution in [3.63, 3.8) is 0 Å². The van der Waals surface area contributed by atoms with Gasteiger partial charge in [0.2, 0.25) is 0 Å². The number of hydrogen-bond acceptors (Lipinski definition) is 2. The van der Waals surface area contributed by atoms with Crippen LogP contribution in [0.1, 0.15) is 11.1 Å². The first-order chi connectivity index (χ1) is 10.2. The zero-order valence-corrected chi connectivity index (χ0v) is 15.2. The van der Waals surface area contributed by atoms with Gasteiger partial charge in [-0.2, -0.15) is 0 Å². The Hall–Kier alpha value is -1.76. The maximum atomic E-state index is 5.89. The van der Waals surface area contributed by atoms with Gasteiger partial charge in [-0.3, -0.25) is 4.99 Å². The van der Waals surface area contributed by atoms with Crippen molar-refractivity contribution in [2.45, 2.75) is 13.3 Å². The van der Waals surface area contributed by atoms with Crippen LogP contribution in [0.5, 0.6) is 5.75 Å². The molecule has 0 aromatic heterocycles. The molecule has 0 radical (unpaired) electrons. The molecule has 0 heterocycles. The summed E-state index contributed by atoms with van der Waals surface area (Å²) in [4.78, 5) is 4.34. The number of rotatable bonds is 5. The number of para-hydroxylation sites is 1. The highest BCUT2D eigenvalue weighted by atomic mass is 127. The molecule has 0 unspecified atom stereocenters. The summed E-state index contributed by atoms with van der Waals surface area (Å²) in [6.07, 6.45) is 0.792. The molecule has 2 aromatic carbocycles. The van der Waals surface area contributed by atoms with E-state index in [1.54, 1.807) is 7.11 Å². The molecule has 0 atom stereocenters. The van der Waals surface area contributed by atoms with Crippen LogP contribution in [0, 0.1) is 6.92 Å². The third-order valence-electron chi connectivity index (χ3n) is 3.18. The summed E-state index contributed by atoms with van der Waals surface area (Å²) in [6.45, 7) is 2.67. The number of nitrogens with zero attached hydrogens (tertiary/aromatic N) is 1. The minimum atomic E-state index is 0. The summed E-state index contributed by atoms with van der Waals surface area (Å²) in [6, 6.07) is 16.0. The zero-order valence-electron chi connectivity index (χ0n) is 12.9. The van der Waals surface area contributed by atoms with Crippen LogP contribution < -0.4 is 15.8 Å². The fraction of sp³-hybridized carbons (Fsp3) is 0.235. The molecule has 3 N–H and O–H groups in total. The lowest BCUT2D eigenvalue weighted by atomic mass is 10.1. The first-order valence-corrected chi connectivity index (χ1v) is 6.94. The predicted molar refractivity (Wildman–Crippen MR) is 103 cm³/mol. The number of halogens is 1. The second-order valence-electron chi connectivity index (χ2n) is 4.82. The minimum Gasteiger partial charge on any atom is -0.496 e. The molecule has 0 aliphatic carbocycles. The Morgan fingerprint density at radius 1 is 1.14 bits per heavy atom. The molecule has 0 spiro atoms. The SMILES string of the molecule is COc1ccccc1CCN=C(N)Nc1ccc(C)cc1.I. The molecule has 0 aliphatic heterocycles. The molecule has 0 aliphatic rings. The van der Waals surface area contributed by atoms with Crippen molar-refractivity contribution in [3.05, 3.63) is 59.7 Å². The molecule has 22 heavy (non-hydrogen) atoms. The summed E-state index contributed by atoms with van der Waals surface area (Å²) in [5.41, 5.74) is 9.18. The normalized spacial score (nSPS) is 10.7. The lowest BCUT2D eigenvalue weighted by molar-refractivity contribution is 0.410. The molecule has 0 amide bonds. The Morgan fingerprint density at radius 3 is 2.50 bits per heavy atom. The monoisotopic (exact) mass is 411 g/mol. The smallest absolute Gasteiger partial charge is 0.193 e. The van der Waals surface area contributed by atoms with E-state index in [1.165, 1.54) is 5.56 Å². The van der Waals surface area contributed by atoms with Crippen molar-refractivity contribution < 1.29 is 4.74 Å². The van der Waals surface area contributed by atoms with E-state index >= 15 is 0 Å². The predicted octanol–water partition coefficient (Wildman–Crippen LogP) is 3.59. The first-order valence-electron chi connectivity index (χ1n) is 6.94. The number of nitrogens with one attached hydrogen (secondary N) is 1. The summed E-state index contributed by atoms with van der Waals surface area (Å²) in [5.74, 6) is 1.31. The molecule has 2 rings (SSSR count). The maximum Gasteiger partial charge on any atom is 0.193 e. The Balaban J connectivity index is 0.00000242. The highest BCUT2D eigenvalue weighted by Crippen LogP contribution is 2.17. The lowest BCUT2D eigenvalue weighted by Crippen LogP contribution is -2.23. The zero-order chi connectivity index (χ0) is 15.1. The molecule has 0 fully saturated rings. The Morgan fingerprint density at radius 2 is 1.82 bits per heavy atom. The largest absolute Gasteiger partial charge is 0.496 e. The Labute approximate surface area is 148 Å². The third-order valence-corrected chi connectivity index (χ3v) is 3.18. The molecule has 0 bridgehead atoms. The number of methoxy groups -OCH3 is 1. The van der Waals surface area contributed by atoms with Crippen LogP contribution in [0.25, 0.3) is 0 Å². The van der Waals surface area contributed by atoms with E-state index in [0.717, 1.165) is 23.4 Å². The van der Waals surface area contributed by atoms with E-state index in [9.17, 15) is 0 Å². The van der Waals surface area contributed by atoms with Gasteiger partial charge in [-0.15, -0.1) is 24.0 Å². The van der Waals surface area contributed by atoms with E-state index in [0.29, 0.717) is 12.5 Å². The Kier molecular flexibility index (Phi) is 7.73. The van der Waals surface area contributed by atoms with E-state index in [4.69, 9.17) is 10.5 Å². The van der Waals surface area contributed by atoms with Gasteiger partial charge in [0, 0.05) is 12.2 Å². The molecule has 4 nitrogen and oxygen atoms in total. The van der Waals surface area contributed by atoms with E-state index < -0.39 is 0 Å². The van der Waals surface area contributed by atoms with Gasteiger partial charge in [0.05, 0.1) is 7.11 Å². The molecule has 0 saturated carbocycles. The van der Waals surface area contributed by atoms with Gasteiger partial charge in [-0.1, -0.05) is 35.9 Å². The van der Waals surface area contributed by atoms with Crippen molar-refractivity contribution in [2.75, 3.05) is 19.0 Å². The van der Waals surface area contributed by atoms with Crippen LogP contribution in [0.4, 0.5) is 5.69 Å². The van der Waals surface area contributed by atoms with Crippen LogP contribution in [0.15, 0.2) is 53.5 Å². The lowest BCUT2D eigenvalue weighted by Gasteiger charge is -2.08. The summed E-state index contributed by atoms with van der Waals surface area (Å²) < 4.78 is 5.31. The summed E-state index contributed by atoms with van der Waals surface area (Å²) >= 11 is 0. The number of ether oxygens (including phenoxy) is 1. The van der Waals surface area contributed by atoms with Gasteiger partial charge in [0.15, 0.2) is 5.96 Å². The second kappa shape index (κ2) is 9.30. The summed E-state index contributed by atoms with van der Waals surface area (Å²) in [7, 11) is 1.68. The van der Waals surface area contributed by atoms with Crippen LogP contribution in [0.2, 0.25) is 0 Å². The number of anilines is 1. The number of guanidine groups is 1. The quantitative estimate of drug-likeness (QED) is 0.449. The van der Waals surface area contributed by atoms with Crippen molar-refractivity contribution in [2.24, 2.45) is 10.7 Å². The van der Waals surface area contributed by atoms with Gasteiger partial charge >= 0.3 is 0 Å². The Bertz CT molecular complexity index is 612. The first kappa shape index (κ1) is 18.3. The van der Waals surface area contributed by atoms with Crippen LogP contribution >= 0.6 is 24.0 Å². The molecular weight excluding hydrogens is 389 g/mol. The van der Waals surface area contributed by atoms with Gasteiger partial charge in [0.1, 0.15) is 5.75 Å². The average Bonchev–Trinajstić information content (AvgIpc) is 2.50. The van der Waals surface area contributed by atoms with Crippen LogP contribution in [-0.2, 0) is 6.42 Å². The number of benzene rings is 2. The van der Waals surface area contributed by atoms with E-state index in [2.05, 4.69) is 17.2 Å². The molecule has 0 saturated heterocycles. The number of aliphatic imine (C=N–C) groups is 1. The van der Waals surface area contributed by atoms with Gasteiger partial charge in [-0.25, -0.2) is 0 Å². The topological polar surface area (TPSA) is 59.6 Å². The number of nitrogens with two attached hydrogens (primary N) is 1. The van der Waals surface area contributed by atoms with E-state index in [1.807, 2.05) is 48.5 Å². The van der Waals surface area contributed by atoms with Crippen LogP contribution in [0.3, 0.4) is 0 Å². The van der Waals surface area contributed by atoms with Gasteiger partial charge in [-0.05, 0) is 37.1 Å². The number of aryl methyl sites for hydroxylation is 1. The molecular formula is C17H22IN3O. The molecule has 118 valence electrons. The highest BCUT2D eigenvalue weighted by molar-refractivity contribution is 14.0. The van der Waals surface area contributed by atoms with Crippen molar-refractivity contribution in [3.8, 4) is 5.75 Å². The molecule has 2 aromatic rings. The fourth-order valence-electron chi connectivity index (χ4n) is 2.03. The third kappa shape index (κ3) is 5.55. The average molecular weight is 411 g/mol. The van der Waals surface area contributed by atoms with Gasteiger partial charge < -0.3 is 15.8 Å². The molecule has 5 heteroatoms. The second-order valence-corrected chi connectivity index (χ2v) is 4.82. The van der Waals surface area contributed by atoms with Crippen molar-refractivity contribution in [1.82, 2.24) is 0 Å². The standard InChI is InChI=1S/C17H21N3O.HI/c1-13-7-9-15(10-8-13)20-17(18)19-12-11-14-5-3-4-6-16(14)21-2;/h3-10H,11-12H2,1-2H3,(H3,18,19,20);1H. The number of hydrogen-bond donors (Lipinski definition) is 2. The van der Waals surface area contributed by atoms with Crippen molar-refractivity contribution >= 4 is 35.6 Å². The van der Waals surface area contributed by atoms with E-state index in [-0.39, 0.29) is 24.0 Å². The highest BCUT2D eigenvalue weighted by Gasteiger charge is 2.01. The fourth-order valence-corrected chi connectivity index (χ4v) is 2.03. The maximum absolute atomic E-state index is 5.89. The van der Waals surface area contributed by atoms with Crippen molar-refractivity contribution in [1.29, 1.82) is 0 Å². The summed E-state index contributed by atoms with van der Waals surface area (Å²) in [5, 5.41) is 3.08. The van der Waals surface area contributed by atoms with Gasteiger partial charge in [0.25, 0.3) is 0 Å².